The van der Waals surface area contributed by atoms with E-state index in [1.54, 1.807) is 0 Å². The molecular formula is C15H8F5N3O2. The van der Waals surface area contributed by atoms with Crippen molar-refractivity contribution in [2.75, 3.05) is 5.32 Å². The lowest BCUT2D eigenvalue weighted by atomic mass is 10.2. The fourth-order valence-electron chi connectivity index (χ4n) is 2.11. The van der Waals surface area contributed by atoms with Gasteiger partial charge in [0, 0.05) is 29.9 Å². The van der Waals surface area contributed by atoms with E-state index in [-0.39, 0.29) is 22.2 Å². The van der Waals surface area contributed by atoms with Crippen LogP contribution in [0.1, 0.15) is 10.4 Å². The number of nitrogens with zero attached hydrogens (tertiary/aromatic N) is 1. The number of carbonyl (C=O) groups excluding carboxylic acids is 1. The molecule has 25 heavy (non-hydrogen) atoms. The van der Waals surface area contributed by atoms with E-state index in [9.17, 15) is 26.7 Å². The van der Waals surface area contributed by atoms with Gasteiger partial charge in [0.1, 0.15) is 0 Å². The number of amides is 1. The molecule has 0 spiro atoms. The van der Waals surface area contributed by atoms with E-state index in [4.69, 9.17) is 0 Å². The van der Waals surface area contributed by atoms with Crippen molar-refractivity contribution in [3.05, 3.63) is 53.9 Å². The monoisotopic (exact) mass is 357 g/mol. The van der Waals surface area contributed by atoms with E-state index in [1.807, 2.05) is 0 Å². The molecule has 0 saturated carbocycles. The van der Waals surface area contributed by atoms with Gasteiger partial charge in [-0.3, -0.25) is 4.79 Å². The first-order valence-electron chi connectivity index (χ1n) is 6.72. The fraction of sp³-hybridized carbons (Fsp3) is 0.0667. The average Bonchev–Trinajstić information content (AvgIpc) is 2.89. The van der Waals surface area contributed by atoms with Gasteiger partial charge in [-0.25, -0.2) is 13.8 Å². The third-order valence-electron chi connectivity index (χ3n) is 3.19. The van der Waals surface area contributed by atoms with E-state index < -0.39 is 29.8 Å². The second kappa shape index (κ2) is 6.04. The van der Waals surface area contributed by atoms with Crippen LogP contribution in [0.15, 0.2) is 36.7 Å². The lowest BCUT2D eigenvalue weighted by molar-refractivity contribution is -0.276. The maximum absolute atomic E-state index is 13.3. The van der Waals surface area contributed by atoms with Crippen LogP contribution in [-0.4, -0.2) is 22.2 Å². The first-order chi connectivity index (χ1) is 11.7. The summed E-state index contributed by atoms with van der Waals surface area (Å²) in [6.07, 6.45) is -2.67. The number of rotatable bonds is 3. The molecule has 2 heterocycles. The molecule has 0 radical (unpaired) electrons. The summed E-state index contributed by atoms with van der Waals surface area (Å²) in [6.45, 7) is 0. The van der Waals surface area contributed by atoms with Crippen molar-refractivity contribution in [1.82, 2.24) is 9.97 Å². The lowest BCUT2D eigenvalue weighted by Gasteiger charge is -2.08. The number of carbonyl (C=O) groups is 1. The molecule has 5 nitrogen and oxygen atoms in total. The molecule has 3 aromatic rings. The Morgan fingerprint density at radius 2 is 1.88 bits per heavy atom. The fourth-order valence-corrected chi connectivity index (χ4v) is 2.11. The number of alkyl halides is 3. The predicted octanol–water partition coefficient (Wildman–Crippen LogP) is 3.99. The number of H-pyrrole nitrogens is 1. The molecule has 3 rings (SSSR count). The number of pyridine rings is 1. The third-order valence-corrected chi connectivity index (χ3v) is 3.19. The summed E-state index contributed by atoms with van der Waals surface area (Å²) in [6, 6.07) is 3.81. The van der Waals surface area contributed by atoms with Gasteiger partial charge in [0.15, 0.2) is 11.6 Å². The molecule has 1 amide bonds. The van der Waals surface area contributed by atoms with Crippen molar-refractivity contribution in [2.45, 2.75) is 6.36 Å². The quantitative estimate of drug-likeness (QED) is 0.697. The molecule has 0 fully saturated rings. The van der Waals surface area contributed by atoms with Crippen LogP contribution < -0.4 is 10.1 Å². The van der Waals surface area contributed by atoms with E-state index in [0.717, 1.165) is 30.5 Å². The van der Waals surface area contributed by atoms with Crippen LogP contribution in [0.5, 0.6) is 5.88 Å². The first-order valence-corrected chi connectivity index (χ1v) is 6.72. The maximum atomic E-state index is 13.3. The Kier molecular flexibility index (Phi) is 4.03. The summed E-state index contributed by atoms with van der Waals surface area (Å²) in [7, 11) is 0. The van der Waals surface area contributed by atoms with Crippen LogP contribution in [0.25, 0.3) is 10.9 Å². The van der Waals surface area contributed by atoms with E-state index >= 15 is 0 Å². The molecule has 1 aromatic carbocycles. The van der Waals surface area contributed by atoms with E-state index in [0.29, 0.717) is 0 Å². The van der Waals surface area contributed by atoms with Gasteiger partial charge in [-0.05, 0) is 12.1 Å². The first kappa shape index (κ1) is 16.7. The van der Waals surface area contributed by atoms with Crippen molar-refractivity contribution >= 4 is 22.5 Å². The summed E-state index contributed by atoms with van der Waals surface area (Å²) in [4.78, 5) is 18.2. The van der Waals surface area contributed by atoms with Crippen LogP contribution in [0.4, 0.5) is 27.6 Å². The molecular weight excluding hydrogens is 349 g/mol. The number of nitrogens with one attached hydrogen (secondary N) is 2. The van der Waals surface area contributed by atoms with Crippen molar-refractivity contribution in [3.63, 3.8) is 0 Å². The maximum Gasteiger partial charge on any atom is 0.574 e. The zero-order valence-electron chi connectivity index (χ0n) is 12.1. The van der Waals surface area contributed by atoms with Crippen molar-refractivity contribution in [2.24, 2.45) is 0 Å². The molecule has 0 aliphatic heterocycles. The Hall–Kier alpha value is -3.17. The molecule has 2 N–H and O–H groups in total. The van der Waals surface area contributed by atoms with Gasteiger partial charge in [0.2, 0.25) is 5.88 Å². The average molecular weight is 357 g/mol. The largest absolute Gasteiger partial charge is 0.574 e. The van der Waals surface area contributed by atoms with Crippen LogP contribution in [-0.2, 0) is 0 Å². The van der Waals surface area contributed by atoms with Crippen molar-refractivity contribution in [3.8, 4) is 5.88 Å². The van der Waals surface area contributed by atoms with Crippen LogP contribution in [0.3, 0.4) is 0 Å². The topological polar surface area (TPSA) is 67.0 Å². The number of benzene rings is 1. The van der Waals surface area contributed by atoms with Crippen molar-refractivity contribution in [1.29, 1.82) is 0 Å². The highest BCUT2D eigenvalue weighted by atomic mass is 19.4. The lowest BCUT2D eigenvalue weighted by Crippen LogP contribution is -2.18. The molecule has 0 aliphatic rings. The molecule has 0 unspecified atom stereocenters. The predicted molar refractivity (Wildman–Crippen MR) is 77.1 cm³/mol. The van der Waals surface area contributed by atoms with Gasteiger partial charge in [-0.2, -0.15) is 0 Å². The van der Waals surface area contributed by atoms with Gasteiger partial charge in [-0.15, -0.1) is 13.2 Å². The highest BCUT2D eigenvalue weighted by Gasteiger charge is 2.31. The number of hydrogen-bond donors (Lipinski definition) is 2. The molecule has 0 saturated heterocycles. The van der Waals surface area contributed by atoms with Gasteiger partial charge in [-0.1, -0.05) is 0 Å². The molecule has 0 aliphatic carbocycles. The van der Waals surface area contributed by atoms with E-state index in [1.165, 1.54) is 6.20 Å². The number of aromatic amines is 1. The summed E-state index contributed by atoms with van der Waals surface area (Å²) < 4.78 is 66.3. The zero-order chi connectivity index (χ0) is 18.2. The number of aromatic nitrogens is 2. The summed E-state index contributed by atoms with van der Waals surface area (Å²) >= 11 is 0. The smallest absolute Gasteiger partial charge is 0.388 e. The standard InChI is InChI=1S/C15H8F5N3O2/c16-9-3-8-11(4-10(9)17)21-6-12(8)23-14(24)7-1-2-13(22-5-7)25-15(18,19)20/h1-6,21H,(H,23,24). The number of hydrogen-bond acceptors (Lipinski definition) is 3. The summed E-state index contributed by atoms with van der Waals surface area (Å²) in [5.41, 5.74) is 0.391. The minimum atomic E-state index is -4.89. The Labute approximate surface area is 136 Å². The Balaban J connectivity index is 1.79. The number of anilines is 1. The minimum Gasteiger partial charge on any atom is -0.388 e. The molecule has 0 atom stereocenters. The summed E-state index contributed by atoms with van der Waals surface area (Å²) in [5, 5.41) is 2.67. The van der Waals surface area contributed by atoms with Crippen LogP contribution >= 0.6 is 0 Å². The second-order valence-corrected chi connectivity index (χ2v) is 4.90. The summed E-state index contributed by atoms with van der Waals surface area (Å²) in [5.74, 6) is -3.54. The second-order valence-electron chi connectivity index (χ2n) is 4.90. The Morgan fingerprint density at radius 1 is 1.16 bits per heavy atom. The number of ether oxygens (including phenoxy) is 1. The van der Waals surface area contributed by atoms with Crippen LogP contribution in [0, 0.1) is 11.6 Å². The highest BCUT2D eigenvalue weighted by molar-refractivity contribution is 6.08. The molecule has 130 valence electrons. The van der Waals surface area contributed by atoms with Crippen LogP contribution in [0.2, 0.25) is 0 Å². The number of halogens is 5. The Morgan fingerprint density at radius 3 is 2.52 bits per heavy atom. The molecule has 10 heteroatoms. The molecule has 0 bridgehead atoms. The highest BCUT2D eigenvalue weighted by Crippen LogP contribution is 2.26. The van der Waals surface area contributed by atoms with Gasteiger partial charge < -0.3 is 15.0 Å². The van der Waals surface area contributed by atoms with Crippen molar-refractivity contribution < 1.29 is 31.5 Å². The molecule has 2 aromatic heterocycles. The SMILES string of the molecule is O=C(Nc1c[nH]c2cc(F)c(F)cc12)c1ccc(OC(F)(F)F)nc1. The van der Waals surface area contributed by atoms with Gasteiger partial charge >= 0.3 is 6.36 Å². The van der Waals surface area contributed by atoms with E-state index in [2.05, 4.69) is 20.0 Å². The van der Waals surface area contributed by atoms with Gasteiger partial charge in [0.05, 0.1) is 16.8 Å². The van der Waals surface area contributed by atoms with Gasteiger partial charge in [0.25, 0.3) is 5.91 Å². The third kappa shape index (κ3) is 3.67. The zero-order valence-corrected chi connectivity index (χ0v) is 12.1. The normalized spacial score (nSPS) is 11.6. The minimum absolute atomic E-state index is 0.0496. The Bertz CT molecular complexity index is 935. The number of fused-ring (bicyclic) bond motifs is 1.